The highest BCUT2D eigenvalue weighted by Crippen LogP contribution is 2.40. The van der Waals surface area contributed by atoms with Gasteiger partial charge in [-0.1, -0.05) is 17.7 Å². The van der Waals surface area contributed by atoms with Crippen molar-refractivity contribution in [1.29, 1.82) is 0 Å². The number of aliphatic hydroxyl groups is 1. The molecule has 1 aliphatic rings. The van der Waals surface area contributed by atoms with Crippen molar-refractivity contribution in [3.63, 3.8) is 0 Å². The Hall–Kier alpha value is -1.85. The molecule has 3 rings (SSSR count). The Labute approximate surface area is 141 Å². The summed E-state index contributed by atoms with van der Waals surface area (Å²) in [5.41, 5.74) is 3.11. The van der Waals surface area contributed by atoms with Crippen LogP contribution in [0.4, 0.5) is 17.5 Å². The largest absolute Gasteiger partial charge is 0.396 e. The van der Waals surface area contributed by atoms with E-state index in [9.17, 15) is 0 Å². The second-order valence-electron chi connectivity index (χ2n) is 5.86. The van der Waals surface area contributed by atoms with Crippen molar-refractivity contribution in [2.75, 3.05) is 23.8 Å². The molecular formula is C17H21ClN4O. The van der Waals surface area contributed by atoms with E-state index in [0.717, 1.165) is 22.8 Å². The Bertz CT molecular complexity index is 688. The second-order valence-corrected chi connectivity index (χ2v) is 6.30. The van der Waals surface area contributed by atoms with Crippen molar-refractivity contribution in [2.24, 2.45) is 0 Å². The molecule has 0 radical (unpaired) electrons. The summed E-state index contributed by atoms with van der Waals surface area (Å²) in [5, 5.41) is 16.1. The molecule has 1 aromatic heterocycles. The molecule has 6 heteroatoms. The first kappa shape index (κ1) is 16.0. The van der Waals surface area contributed by atoms with Crippen molar-refractivity contribution in [3.8, 4) is 0 Å². The first-order chi connectivity index (χ1) is 11.2. The van der Waals surface area contributed by atoms with Crippen LogP contribution in [0.3, 0.4) is 0 Å². The maximum atomic E-state index is 8.90. The molecule has 0 unspecified atom stereocenters. The Morgan fingerprint density at radius 2 is 2.09 bits per heavy atom. The number of halogens is 1. The van der Waals surface area contributed by atoms with Crippen molar-refractivity contribution < 1.29 is 5.11 Å². The average Bonchev–Trinajstić information content (AvgIpc) is 3.36. The minimum Gasteiger partial charge on any atom is -0.396 e. The zero-order valence-corrected chi connectivity index (χ0v) is 13.9. The van der Waals surface area contributed by atoms with Gasteiger partial charge in [0.1, 0.15) is 5.82 Å². The molecule has 1 aromatic carbocycles. The first-order valence-electron chi connectivity index (χ1n) is 7.92. The van der Waals surface area contributed by atoms with Crippen LogP contribution in [0, 0.1) is 6.92 Å². The molecule has 0 saturated heterocycles. The highest BCUT2D eigenvalue weighted by Gasteiger charge is 2.26. The van der Waals surface area contributed by atoms with Crippen LogP contribution in [0.25, 0.3) is 0 Å². The standard InChI is InChI=1S/C17H21ClN4O/c1-11-3-6-13(18)9-14(11)20-16-10-15(12-4-5-12)21-17(22-16)19-7-2-8-23/h3,6,9-10,12,23H,2,4-5,7-8H2,1H3,(H2,19,20,21,22). The van der Waals surface area contributed by atoms with Gasteiger partial charge in [0, 0.05) is 35.8 Å². The van der Waals surface area contributed by atoms with Gasteiger partial charge in [0.05, 0.1) is 5.69 Å². The van der Waals surface area contributed by atoms with Gasteiger partial charge in [0.25, 0.3) is 0 Å². The predicted molar refractivity (Wildman–Crippen MR) is 93.7 cm³/mol. The number of hydrogen-bond donors (Lipinski definition) is 3. The van der Waals surface area contributed by atoms with Gasteiger partial charge in [0.15, 0.2) is 0 Å². The van der Waals surface area contributed by atoms with Gasteiger partial charge in [-0.3, -0.25) is 0 Å². The minimum atomic E-state index is 0.155. The highest BCUT2D eigenvalue weighted by atomic mass is 35.5. The van der Waals surface area contributed by atoms with Gasteiger partial charge in [-0.25, -0.2) is 4.98 Å². The number of benzene rings is 1. The SMILES string of the molecule is Cc1ccc(Cl)cc1Nc1cc(C2CC2)nc(NCCCO)n1. The van der Waals surface area contributed by atoms with E-state index in [1.54, 1.807) is 0 Å². The topological polar surface area (TPSA) is 70.1 Å². The Balaban J connectivity index is 1.83. The maximum Gasteiger partial charge on any atom is 0.224 e. The normalized spacial score (nSPS) is 13.9. The van der Waals surface area contributed by atoms with E-state index in [2.05, 4.69) is 20.6 Å². The first-order valence-corrected chi connectivity index (χ1v) is 8.30. The summed E-state index contributed by atoms with van der Waals surface area (Å²) >= 11 is 6.08. The molecule has 23 heavy (non-hydrogen) atoms. The van der Waals surface area contributed by atoms with Gasteiger partial charge in [0.2, 0.25) is 5.95 Å². The number of anilines is 3. The van der Waals surface area contributed by atoms with Crippen molar-refractivity contribution in [2.45, 2.75) is 32.1 Å². The molecule has 1 fully saturated rings. The quantitative estimate of drug-likeness (QED) is 0.672. The number of nitrogens with one attached hydrogen (secondary N) is 2. The van der Waals surface area contributed by atoms with E-state index in [0.29, 0.717) is 29.9 Å². The van der Waals surface area contributed by atoms with E-state index in [4.69, 9.17) is 16.7 Å². The van der Waals surface area contributed by atoms with Crippen LogP contribution in [0.1, 0.15) is 36.4 Å². The molecule has 1 heterocycles. The molecule has 1 aliphatic carbocycles. The fourth-order valence-electron chi connectivity index (χ4n) is 2.34. The minimum absolute atomic E-state index is 0.155. The molecule has 5 nitrogen and oxygen atoms in total. The fraction of sp³-hybridized carbons (Fsp3) is 0.412. The molecule has 3 N–H and O–H groups in total. The van der Waals surface area contributed by atoms with Crippen LogP contribution in [0.5, 0.6) is 0 Å². The Morgan fingerprint density at radius 1 is 1.26 bits per heavy atom. The van der Waals surface area contributed by atoms with Crippen LogP contribution in [-0.2, 0) is 0 Å². The summed E-state index contributed by atoms with van der Waals surface area (Å²) in [6, 6.07) is 7.76. The lowest BCUT2D eigenvalue weighted by Crippen LogP contribution is -2.09. The van der Waals surface area contributed by atoms with E-state index < -0.39 is 0 Å². The number of hydrogen-bond acceptors (Lipinski definition) is 5. The summed E-state index contributed by atoms with van der Waals surface area (Å²) in [6.45, 7) is 2.84. The fourth-order valence-corrected chi connectivity index (χ4v) is 2.52. The van der Waals surface area contributed by atoms with Gasteiger partial charge < -0.3 is 15.7 Å². The monoisotopic (exact) mass is 332 g/mol. The summed E-state index contributed by atoms with van der Waals surface area (Å²) in [6.07, 6.45) is 3.04. The molecule has 0 atom stereocenters. The third kappa shape index (κ3) is 4.33. The summed E-state index contributed by atoms with van der Waals surface area (Å²) < 4.78 is 0. The third-order valence-electron chi connectivity index (χ3n) is 3.82. The predicted octanol–water partition coefficient (Wildman–Crippen LogP) is 3.85. The van der Waals surface area contributed by atoms with Gasteiger partial charge in [-0.05, 0) is 43.9 Å². The van der Waals surface area contributed by atoms with Crippen molar-refractivity contribution in [3.05, 3.63) is 40.5 Å². The summed E-state index contributed by atoms with van der Waals surface area (Å²) in [5.74, 6) is 1.90. The maximum absolute atomic E-state index is 8.90. The van der Waals surface area contributed by atoms with Crippen LogP contribution in [0.2, 0.25) is 5.02 Å². The van der Waals surface area contributed by atoms with Crippen molar-refractivity contribution >= 4 is 29.1 Å². The zero-order chi connectivity index (χ0) is 16.2. The molecule has 2 aromatic rings. The molecule has 0 amide bonds. The van der Waals surface area contributed by atoms with E-state index in [1.165, 1.54) is 12.8 Å². The Kier molecular flexibility index (Phi) is 4.98. The molecule has 1 saturated carbocycles. The van der Waals surface area contributed by atoms with Gasteiger partial charge in [-0.2, -0.15) is 4.98 Å². The number of aliphatic hydroxyl groups excluding tert-OH is 1. The number of nitrogens with zero attached hydrogens (tertiary/aromatic N) is 2. The van der Waals surface area contributed by atoms with E-state index in [-0.39, 0.29) is 6.61 Å². The number of aromatic nitrogens is 2. The molecule has 0 bridgehead atoms. The molecule has 0 spiro atoms. The van der Waals surface area contributed by atoms with Crippen LogP contribution in [0.15, 0.2) is 24.3 Å². The molecule has 122 valence electrons. The van der Waals surface area contributed by atoms with E-state index >= 15 is 0 Å². The lowest BCUT2D eigenvalue weighted by Gasteiger charge is -2.12. The van der Waals surface area contributed by atoms with Crippen LogP contribution >= 0.6 is 11.6 Å². The van der Waals surface area contributed by atoms with Crippen LogP contribution < -0.4 is 10.6 Å². The Morgan fingerprint density at radius 3 is 2.83 bits per heavy atom. The lowest BCUT2D eigenvalue weighted by atomic mass is 10.2. The highest BCUT2D eigenvalue weighted by molar-refractivity contribution is 6.30. The van der Waals surface area contributed by atoms with Crippen LogP contribution in [-0.4, -0.2) is 28.2 Å². The summed E-state index contributed by atoms with van der Waals surface area (Å²) in [7, 11) is 0. The van der Waals surface area contributed by atoms with E-state index in [1.807, 2.05) is 31.2 Å². The third-order valence-corrected chi connectivity index (χ3v) is 4.06. The second kappa shape index (κ2) is 7.15. The number of rotatable bonds is 7. The lowest BCUT2D eigenvalue weighted by molar-refractivity contribution is 0.292. The molecular weight excluding hydrogens is 312 g/mol. The molecule has 0 aliphatic heterocycles. The average molecular weight is 333 g/mol. The van der Waals surface area contributed by atoms with Crippen molar-refractivity contribution in [1.82, 2.24) is 9.97 Å². The smallest absolute Gasteiger partial charge is 0.224 e. The summed E-state index contributed by atoms with van der Waals surface area (Å²) in [4.78, 5) is 9.10. The van der Waals surface area contributed by atoms with Gasteiger partial charge in [-0.15, -0.1) is 0 Å². The number of aryl methyl sites for hydroxylation is 1. The van der Waals surface area contributed by atoms with Gasteiger partial charge >= 0.3 is 0 Å². The zero-order valence-electron chi connectivity index (χ0n) is 13.1.